The maximum absolute atomic E-state index is 5.64. The first-order valence-corrected chi connectivity index (χ1v) is 17.0. The molecule has 0 aliphatic heterocycles. The Kier molecular flexibility index (Phi) is 32.6. The zero-order valence-corrected chi connectivity index (χ0v) is 28.1. The van der Waals surface area contributed by atoms with Gasteiger partial charge in [-0.1, -0.05) is 51.9 Å². The van der Waals surface area contributed by atoms with Crippen LogP contribution in [-0.4, -0.2) is 126 Å². The van der Waals surface area contributed by atoms with E-state index in [9.17, 15) is 0 Å². The van der Waals surface area contributed by atoms with Gasteiger partial charge >= 0.3 is 0 Å². The molecule has 0 bridgehead atoms. The van der Waals surface area contributed by atoms with Crippen molar-refractivity contribution in [3.05, 3.63) is 24.3 Å². The number of ether oxygens (including phenoxy) is 10. The average molecular weight is 646 g/mol. The van der Waals surface area contributed by atoms with Crippen LogP contribution in [0.15, 0.2) is 24.3 Å². The van der Waals surface area contributed by atoms with Crippen LogP contribution in [0, 0.1) is 0 Å². The van der Waals surface area contributed by atoms with Crippen molar-refractivity contribution >= 4 is 5.69 Å². The molecule has 0 radical (unpaired) electrons. The van der Waals surface area contributed by atoms with Gasteiger partial charge in [-0.2, -0.15) is 0 Å². The highest BCUT2D eigenvalue weighted by atomic mass is 16.6. The summed E-state index contributed by atoms with van der Waals surface area (Å²) < 4.78 is 55.1. The highest BCUT2D eigenvalue weighted by Gasteiger charge is 1.97. The number of benzene rings is 1. The summed E-state index contributed by atoms with van der Waals surface area (Å²) in [4.78, 5) is 0. The molecule has 0 spiro atoms. The lowest BCUT2D eigenvalue weighted by molar-refractivity contribution is -0.0254. The van der Waals surface area contributed by atoms with Crippen molar-refractivity contribution in [3.8, 4) is 5.75 Å². The summed E-state index contributed by atoms with van der Waals surface area (Å²) in [7, 11) is 0. The lowest BCUT2D eigenvalue weighted by Crippen LogP contribution is -2.15. The van der Waals surface area contributed by atoms with Crippen LogP contribution in [0.4, 0.5) is 5.69 Å². The van der Waals surface area contributed by atoms with E-state index in [4.69, 9.17) is 53.1 Å². The first-order chi connectivity index (χ1) is 22.3. The summed E-state index contributed by atoms with van der Waals surface area (Å²) in [6, 6.07) is 7.28. The largest absolute Gasteiger partial charge is 0.491 e. The first-order valence-electron chi connectivity index (χ1n) is 17.0. The minimum Gasteiger partial charge on any atom is -0.491 e. The molecule has 11 heteroatoms. The van der Waals surface area contributed by atoms with Crippen molar-refractivity contribution in [1.82, 2.24) is 0 Å². The summed E-state index contributed by atoms with van der Waals surface area (Å²) in [5.41, 5.74) is 6.36. The molecule has 0 atom stereocenters. The van der Waals surface area contributed by atoms with Gasteiger partial charge in [-0.25, -0.2) is 0 Å². The van der Waals surface area contributed by atoms with E-state index < -0.39 is 0 Å². The third-order valence-electron chi connectivity index (χ3n) is 6.49. The number of anilines is 1. The van der Waals surface area contributed by atoms with Gasteiger partial charge in [-0.3, -0.25) is 0 Å². The van der Waals surface area contributed by atoms with Crippen LogP contribution < -0.4 is 10.5 Å². The fourth-order valence-electron chi connectivity index (χ4n) is 3.98. The minimum atomic E-state index is 0.481. The Bertz CT molecular complexity index is 698. The zero-order chi connectivity index (χ0) is 32.1. The van der Waals surface area contributed by atoms with Crippen LogP contribution in [-0.2, 0) is 42.6 Å². The fourth-order valence-corrected chi connectivity index (χ4v) is 3.98. The third kappa shape index (κ3) is 32.2. The number of nitrogens with two attached hydrogens (primary N) is 1. The van der Waals surface area contributed by atoms with E-state index >= 15 is 0 Å². The lowest BCUT2D eigenvalue weighted by atomic mass is 10.1. The van der Waals surface area contributed by atoms with Gasteiger partial charge in [0.15, 0.2) is 0 Å². The Hall–Kier alpha value is -1.54. The molecule has 0 amide bonds. The van der Waals surface area contributed by atoms with Gasteiger partial charge in [0.1, 0.15) is 12.4 Å². The molecule has 0 heterocycles. The summed E-state index contributed by atoms with van der Waals surface area (Å²) >= 11 is 0. The Morgan fingerprint density at radius 1 is 0.356 bits per heavy atom. The van der Waals surface area contributed by atoms with Crippen molar-refractivity contribution in [2.24, 2.45) is 0 Å². The second kappa shape index (κ2) is 35.3. The molecule has 2 N–H and O–H groups in total. The van der Waals surface area contributed by atoms with E-state index in [0.29, 0.717) is 125 Å². The minimum absolute atomic E-state index is 0.481. The molecular weight excluding hydrogens is 582 g/mol. The molecule has 0 unspecified atom stereocenters. The van der Waals surface area contributed by atoms with Crippen LogP contribution in [0.3, 0.4) is 0 Å². The predicted molar refractivity (Wildman–Crippen MR) is 176 cm³/mol. The van der Waals surface area contributed by atoms with Crippen molar-refractivity contribution in [2.45, 2.75) is 58.3 Å². The normalized spacial score (nSPS) is 11.4. The van der Waals surface area contributed by atoms with E-state index in [-0.39, 0.29) is 0 Å². The second-order valence-electron chi connectivity index (χ2n) is 10.4. The van der Waals surface area contributed by atoms with Gasteiger partial charge in [-0.05, 0) is 30.7 Å². The van der Waals surface area contributed by atoms with Gasteiger partial charge in [0.05, 0.1) is 112 Å². The molecule has 264 valence electrons. The topological polar surface area (TPSA) is 118 Å². The lowest BCUT2D eigenvalue weighted by Gasteiger charge is -2.09. The molecule has 1 rings (SSSR count). The van der Waals surface area contributed by atoms with Crippen LogP contribution in [0.25, 0.3) is 0 Å². The highest BCUT2D eigenvalue weighted by Crippen LogP contribution is 2.12. The fraction of sp³-hybridized carbons (Fsp3) is 0.824. The number of hydrogen-bond acceptors (Lipinski definition) is 11. The highest BCUT2D eigenvalue weighted by molar-refractivity contribution is 5.41. The summed E-state index contributed by atoms with van der Waals surface area (Å²) in [5.74, 6) is 0.777. The molecule has 1 aromatic rings. The Labute approximate surface area is 272 Å². The van der Waals surface area contributed by atoms with E-state index in [1.807, 2.05) is 12.1 Å². The van der Waals surface area contributed by atoms with Crippen LogP contribution in [0.2, 0.25) is 0 Å². The van der Waals surface area contributed by atoms with E-state index in [2.05, 4.69) is 6.92 Å². The maximum atomic E-state index is 5.64. The summed E-state index contributed by atoms with van der Waals surface area (Å²) in [6.45, 7) is 12.7. The number of nitrogen functional groups attached to an aromatic ring is 1. The van der Waals surface area contributed by atoms with E-state index in [1.54, 1.807) is 12.1 Å². The summed E-state index contributed by atoms with van der Waals surface area (Å²) in [5, 5.41) is 0. The molecule has 0 aliphatic rings. The Balaban J connectivity index is 1.62. The van der Waals surface area contributed by atoms with Crippen LogP contribution >= 0.6 is 0 Å². The van der Waals surface area contributed by atoms with Crippen molar-refractivity contribution < 1.29 is 47.4 Å². The van der Waals surface area contributed by atoms with Crippen molar-refractivity contribution in [3.63, 3.8) is 0 Å². The summed E-state index contributed by atoms with van der Waals surface area (Å²) in [6.07, 6.45) is 10.5. The van der Waals surface area contributed by atoms with Crippen molar-refractivity contribution in [1.29, 1.82) is 0 Å². The zero-order valence-electron chi connectivity index (χ0n) is 28.1. The number of unbranched alkanes of at least 4 members (excludes halogenated alkanes) is 7. The van der Waals surface area contributed by atoms with Gasteiger partial charge < -0.3 is 53.1 Å². The number of hydrogen-bond donors (Lipinski definition) is 1. The van der Waals surface area contributed by atoms with Gasteiger partial charge in [0, 0.05) is 12.3 Å². The second-order valence-corrected chi connectivity index (χ2v) is 10.4. The quantitative estimate of drug-likeness (QED) is 0.0783. The Morgan fingerprint density at radius 2 is 0.644 bits per heavy atom. The van der Waals surface area contributed by atoms with E-state index in [0.717, 1.165) is 18.8 Å². The van der Waals surface area contributed by atoms with Gasteiger partial charge in [0.2, 0.25) is 0 Å². The standard InChI is InChI=1S/C34H63NO10/c1-2-3-4-5-6-7-8-9-14-36-15-16-37-17-18-38-19-20-39-21-22-40-23-24-41-25-26-42-27-28-43-29-30-44-31-32-45-34-12-10-33(35)11-13-34/h10-13H,2-9,14-32,35H2,1H3. The molecule has 0 aromatic heterocycles. The monoisotopic (exact) mass is 645 g/mol. The molecule has 1 aromatic carbocycles. The van der Waals surface area contributed by atoms with Gasteiger partial charge in [-0.15, -0.1) is 0 Å². The Morgan fingerprint density at radius 3 is 1.00 bits per heavy atom. The predicted octanol–water partition coefficient (Wildman–Crippen LogP) is 4.94. The molecule has 0 saturated heterocycles. The first kappa shape index (κ1) is 41.5. The smallest absolute Gasteiger partial charge is 0.119 e. The SMILES string of the molecule is CCCCCCCCCCOCCOCCOCCOCCOCCOCCOCCOCCOCCOc1ccc(N)cc1. The third-order valence-corrected chi connectivity index (χ3v) is 6.49. The van der Waals surface area contributed by atoms with Crippen molar-refractivity contribution in [2.75, 3.05) is 131 Å². The van der Waals surface area contributed by atoms with Crippen LogP contribution in [0.5, 0.6) is 5.75 Å². The van der Waals surface area contributed by atoms with E-state index in [1.165, 1.54) is 44.9 Å². The average Bonchev–Trinajstić information content (AvgIpc) is 3.05. The molecule has 0 aliphatic carbocycles. The van der Waals surface area contributed by atoms with Gasteiger partial charge in [0.25, 0.3) is 0 Å². The molecular formula is C34H63NO10. The maximum Gasteiger partial charge on any atom is 0.119 e. The number of rotatable bonds is 37. The van der Waals surface area contributed by atoms with Crippen LogP contribution in [0.1, 0.15) is 58.3 Å². The molecule has 0 fully saturated rings. The molecule has 45 heavy (non-hydrogen) atoms. The molecule has 11 nitrogen and oxygen atoms in total. The molecule has 0 saturated carbocycles.